The molecule has 150 valence electrons. The van der Waals surface area contributed by atoms with E-state index in [1.165, 1.54) is 0 Å². The van der Waals surface area contributed by atoms with Crippen LogP contribution in [-0.4, -0.2) is 31.1 Å². The van der Waals surface area contributed by atoms with Crippen LogP contribution in [0.2, 0.25) is 0 Å². The third-order valence-corrected chi connectivity index (χ3v) is 5.02. The molecule has 2 rings (SSSR count). The van der Waals surface area contributed by atoms with Gasteiger partial charge in [-0.05, 0) is 38.8 Å². The van der Waals surface area contributed by atoms with Gasteiger partial charge in [-0.1, -0.05) is 31.5 Å². The van der Waals surface area contributed by atoms with E-state index in [0.717, 1.165) is 16.9 Å². The van der Waals surface area contributed by atoms with Crippen molar-refractivity contribution in [3.63, 3.8) is 0 Å². The van der Waals surface area contributed by atoms with Crippen LogP contribution in [-0.2, 0) is 9.47 Å². The van der Waals surface area contributed by atoms with Crippen molar-refractivity contribution in [1.82, 2.24) is 0 Å². The van der Waals surface area contributed by atoms with Crippen molar-refractivity contribution in [3.8, 4) is 5.75 Å². The standard InChI is InChI=1S/C21H24O6S/c1-5-10-25-20(23)17-14(4)16(18(28-17)21(24)26-11-6-2)27-19(22)15-9-7-8-13(3)12-15/h7-9,12H,5-6,10-11H2,1-4H3. The summed E-state index contributed by atoms with van der Waals surface area (Å²) in [7, 11) is 0. The van der Waals surface area contributed by atoms with Gasteiger partial charge in [-0.25, -0.2) is 14.4 Å². The number of carbonyl (C=O) groups excluding carboxylic acids is 3. The second kappa shape index (κ2) is 10.0. The average Bonchev–Trinajstić information content (AvgIpc) is 3.00. The van der Waals surface area contributed by atoms with Gasteiger partial charge < -0.3 is 14.2 Å². The first-order chi connectivity index (χ1) is 13.4. The molecule has 0 aliphatic rings. The minimum atomic E-state index is -0.628. The van der Waals surface area contributed by atoms with Crippen molar-refractivity contribution in [1.29, 1.82) is 0 Å². The van der Waals surface area contributed by atoms with Crippen LogP contribution < -0.4 is 4.74 Å². The number of hydrogen-bond acceptors (Lipinski definition) is 7. The second-order valence-electron chi connectivity index (χ2n) is 6.25. The Morgan fingerprint density at radius 1 is 0.893 bits per heavy atom. The number of aryl methyl sites for hydroxylation is 1. The van der Waals surface area contributed by atoms with Crippen molar-refractivity contribution in [2.75, 3.05) is 13.2 Å². The number of benzene rings is 1. The van der Waals surface area contributed by atoms with Gasteiger partial charge in [0.2, 0.25) is 0 Å². The maximum absolute atomic E-state index is 12.6. The summed E-state index contributed by atoms with van der Waals surface area (Å²) in [5, 5.41) is 0. The van der Waals surface area contributed by atoms with E-state index in [0.29, 0.717) is 24.0 Å². The monoisotopic (exact) mass is 404 g/mol. The van der Waals surface area contributed by atoms with Crippen molar-refractivity contribution in [2.45, 2.75) is 40.5 Å². The molecule has 0 atom stereocenters. The Bertz CT molecular complexity index is 868. The highest BCUT2D eigenvalue weighted by atomic mass is 32.1. The normalized spacial score (nSPS) is 10.4. The predicted molar refractivity (Wildman–Crippen MR) is 106 cm³/mol. The summed E-state index contributed by atoms with van der Waals surface area (Å²) < 4.78 is 15.9. The van der Waals surface area contributed by atoms with Crippen LogP contribution in [0.25, 0.3) is 0 Å². The van der Waals surface area contributed by atoms with Crippen LogP contribution in [0.4, 0.5) is 0 Å². The molecular formula is C21H24O6S. The zero-order chi connectivity index (χ0) is 20.7. The molecular weight excluding hydrogens is 380 g/mol. The highest BCUT2D eigenvalue weighted by Gasteiger charge is 2.29. The molecule has 7 heteroatoms. The molecule has 1 heterocycles. The summed E-state index contributed by atoms with van der Waals surface area (Å²) in [6, 6.07) is 6.93. The Hall–Kier alpha value is -2.67. The molecule has 1 aromatic carbocycles. The Balaban J connectivity index is 2.38. The van der Waals surface area contributed by atoms with Gasteiger partial charge in [0.1, 0.15) is 4.88 Å². The molecule has 0 bridgehead atoms. The Morgan fingerprint density at radius 2 is 1.50 bits per heavy atom. The largest absolute Gasteiger partial charge is 0.462 e. The molecule has 0 saturated carbocycles. The third-order valence-electron chi connectivity index (χ3n) is 3.79. The number of ether oxygens (including phenoxy) is 3. The molecule has 6 nitrogen and oxygen atoms in total. The van der Waals surface area contributed by atoms with E-state index in [4.69, 9.17) is 14.2 Å². The third kappa shape index (κ3) is 5.19. The van der Waals surface area contributed by atoms with E-state index in [1.807, 2.05) is 26.8 Å². The van der Waals surface area contributed by atoms with Crippen molar-refractivity contribution >= 4 is 29.2 Å². The van der Waals surface area contributed by atoms with Crippen LogP contribution in [0, 0.1) is 13.8 Å². The Morgan fingerprint density at radius 3 is 2.07 bits per heavy atom. The first-order valence-electron chi connectivity index (χ1n) is 9.15. The van der Waals surface area contributed by atoms with E-state index in [2.05, 4.69) is 0 Å². The van der Waals surface area contributed by atoms with Crippen LogP contribution in [0.1, 0.15) is 67.5 Å². The molecule has 0 aliphatic carbocycles. The molecule has 0 saturated heterocycles. The summed E-state index contributed by atoms with van der Waals surface area (Å²) in [6.45, 7) is 7.74. The molecule has 0 unspecified atom stereocenters. The SMILES string of the molecule is CCCOC(=O)c1sc(C(=O)OCCC)c(OC(=O)c2cccc(C)c2)c1C. The molecule has 1 aromatic heterocycles. The number of esters is 3. The summed E-state index contributed by atoms with van der Waals surface area (Å²) in [4.78, 5) is 37.6. The zero-order valence-corrected chi connectivity index (χ0v) is 17.3. The lowest BCUT2D eigenvalue weighted by Crippen LogP contribution is -2.12. The first kappa shape index (κ1) is 21.6. The fourth-order valence-electron chi connectivity index (χ4n) is 2.39. The lowest BCUT2D eigenvalue weighted by Gasteiger charge is -2.08. The second-order valence-corrected chi connectivity index (χ2v) is 7.27. The van der Waals surface area contributed by atoms with Crippen molar-refractivity contribution < 1.29 is 28.6 Å². The lowest BCUT2D eigenvalue weighted by atomic mass is 10.1. The Labute approximate surface area is 168 Å². The van der Waals surface area contributed by atoms with Crippen LogP contribution >= 0.6 is 11.3 Å². The number of thiophene rings is 1. The highest BCUT2D eigenvalue weighted by molar-refractivity contribution is 7.16. The van der Waals surface area contributed by atoms with Crippen LogP contribution in [0.15, 0.2) is 24.3 Å². The topological polar surface area (TPSA) is 78.9 Å². The van der Waals surface area contributed by atoms with Gasteiger partial charge in [0.25, 0.3) is 0 Å². The smallest absolute Gasteiger partial charge is 0.352 e. The molecule has 0 amide bonds. The average molecular weight is 404 g/mol. The predicted octanol–water partition coefficient (Wildman–Crippen LogP) is 4.72. The summed E-state index contributed by atoms with van der Waals surface area (Å²) >= 11 is 0.917. The zero-order valence-electron chi connectivity index (χ0n) is 16.5. The van der Waals surface area contributed by atoms with E-state index in [9.17, 15) is 14.4 Å². The first-order valence-corrected chi connectivity index (χ1v) is 9.97. The number of carbonyl (C=O) groups is 3. The summed E-state index contributed by atoms with van der Waals surface area (Å²) in [5.41, 5.74) is 1.65. The van der Waals surface area contributed by atoms with Gasteiger partial charge in [0.05, 0.1) is 18.8 Å². The van der Waals surface area contributed by atoms with Gasteiger partial charge >= 0.3 is 17.9 Å². The van der Waals surface area contributed by atoms with Crippen molar-refractivity contribution in [3.05, 3.63) is 50.7 Å². The maximum atomic E-state index is 12.6. The minimum Gasteiger partial charge on any atom is -0.462 e. The van der Waals surface area contributed by atoms with Gasteiger partial charge in [-0.15, -0.1) is 11.3 Å². The molecule has 0 aliphatic heterocycles. The summed E-state index contributed by atoms with van der Waals surface area (Å²) in [6.07, 6.45) is 1.33. The minimum absolute atomic E-state index is 0.0426. The fraction of sp³-hybridized carbons (Fsp3) is 0.381. The lowest BCUT2D eigenvalue weighted by molar-refractivity contribution is 0.0497. The highest BCUT2D eigenvalue weighted by Crippen LogP contribution is 2.36. The quantitative estimate of drug-likeness (QED) is 0.593. The van der Waals surface area contributed by atoms with Crippen LogP contribution in [0.3, 0.4) is 0 Å². The van der Waals surface area contributed by atoms with Crippen LogP contribution in [0.5, 0.6) is 5.75 Å². The fourth-order valence-corrected chi connectivity index (χ4v) is 3.42. The molecule has 0 radical (unpaired) electrons. The molecule has 0 N–H and O–H groups in total. The number of rotatable bonds is 8. The van der Waals surface area contributed by atoms with Crippen molar-refractivity contribution in [2.24, 2.45) is 0 Å². The van der Waals surface area contributed by atoms with E-state index < -0.39 is 17.9 Å². The molecule has 0 fully saturated rings. The molecule has 0 spiro atoms. The molecule has 2 aromatic rings. The summed E-state index contributed by atoms with van der Waals surface area (Å²) in [5.74, 6) is -1.74. The Kier molecular flexibility index (Phi) is 7.75. The molecule has 28 heavy (non-hydrogen) atoms. The van der Waals surface area contributed by atoms with Gasteiger partial charge in [-0.2, -0.15) is 0 Å². The van der Waals surface area contributed by atoms with E-state index in [-0.39, 0.29) is 28.7 Å². The van der Waals surface area contributed by atoms with E-state index >= 15 is 0 Å². The van der Waals surface area contributed by atoms with Gasteiger partial charge in [-0.3, -0.25) is 0 Å². The number of hydrogen-bond donors (Lipinski definition) is 0. The maximum Gasteiger partial charge on any atom is 0.352 e. The van der Waals surface area contributed by atoms with E-state index in [1.54, 1.807) is 25.1 Å². The van der Waals surface area contributed by atoms with Gasteiger partial charge in [0, 0.05) is 5.56 Å². The van der Waals surface area contributed by atoms with Gasteiger partial charge in [0.15, 0.2) is 10.6 Å².